The largest absolute Gasteiger partial charge is 0.460 e. The summed E-state index contributed by atoms with van der Waals surface area (Å²) in [5.74, 6) is -91.9. The Morgan fingerprint density at radius 1 is 0.434 bits per heavy atom. The number of ether oxygens (including phenoxy) is 1. The van der Waals surface area contributed by atoms with Crippen LogP contribution in [0.15, 0.2) is 48.5 Å². The second-order valence-electron chi connectivity index (χ2n) is 11.0. The van der Waals surface area contributed by atoms with Gasteiger partial charge >= 0.3 is 71.4 Å². The van der Waals surface area contributed by atoms with Gasteiger partial charge in [0.05, 0.1) is 0 Å². The summed E-state index contributed by atoms with van der Waals surface area (Å²) in [5.41, 5.74) is -0.0512. The first-order valence-electron chi connectivity index (χ1n) is 13.3. The second kappa shape index (κ2) is 12.5. The SMILES string of the molecule is O=C(CC(F)(F)C(F)(F)C(F)(F)C(F)(F)C(F)(F)C(F)(F)C(F)(F)C(F)(F)C(F)(F)C(F)(F)C(F)(F)F)OC1c2ccccc2C=Cc2ccccc21. The predicted molar refractivity (Wildman–Crippen MR) is 130 cm³/mol. The van der Waals surface area contributed by atoms with E-state index >= 15 is 0 Å². The lowest BCUT2D eigenvalue weighted by atomic mass is 9.85. The Morgan fingerprint density at radius 2 is 0.717 bits per heavy atom. The molecule has 3 rings (SSSR count). The van der Waals surface area contributed by atoms with Crippen LogP contribution in [0.1, 0.15) is 34.8 Å². The predicted octanol–water partition coefficient (Wildman–Crippen LogP) is 11.1. The van der Waals surface area contributed by atoms with Gasteiger partial charge in [0.1, 0.15) is 6.42 Å². The van der Waals surface area contributed by atoms with E-state index in [1.807, 2.05) is 0 Å². The van der Waals surface area contributed by atoms with E-state index in [1.165, 1.54) is 48.6 Å². The molecule has 1 aliphatic rings. The van der Waals surface area contributed by atoms with Crippen LogP contribution in [0, 0.1) is 0 Å². The van der Waals surface area contributed by atoms with Crippen molar-refractivity contribution < 1.29 is 111 Å². The number of carbonyl (C=O) groups is 1. The molecule has 298 valence electrons. The number of hydrogen-bond donors (Lipinski definition) is 0. The molecule has 25 heteroatoms. The first kappa shape index (κ1) is 43.4. The van der Waals surface area contributed by atoms with Crippen LogP contribution in [0.5, 0.6) is 0 Å². The Bertz CT molecular complexity index is 1670. The average Bonchev–Trinajstić information content (AvgIpc) is 3.16. The molecule has 1 aliphatic carbocycles. The molecular formula is C28H13F23O2. The third-order valence-corrected chi connectivity index (χ3v) is 7.59. The highest BCUT2D eigenvalue weighted by atomic mass is 19.4. The van der Waals surface area contributed by atoms with Gasteiger partial charge in [0.15, 0.2) is 6.10 Å². The van der Waals surface area contributed by atoms with Crippen LogP contribution in [0.4, 0.5) is 101 Å². The van der Waals surface area contributed by atoms with Crippen LogP contribution < -0.4 is 0 Å². The molecule has 0 heterocycles. The summed E-state index contributed by atoms with van der Waals surface area (Å²) in [6.07, 6.45) is -11.0. The highest BCUT2D eigenvalue weighted by molar-refractivity contribution is 5.78. The van der Waals surface area contributed by atoms with Crippen LogP contribution in [-0.2, 0) is 9.53 Å². The second-order valence-corrected chi connectivity index (χ2v) is 11.0. The van der Waals surface area contributed by atoms with Crippen LogP contribution in [-0.4, -0.2) is 71.4 Å². The Hall–Kier alpha value is -3.96. The van der Waals surface area contributed by atoms with E-state index in [1.54, 1.807) is 0 Å². The summed E-state index contributed by atoms with van der Waals surface area (Å²) in [6.45, 7) is 0. The molecule has 0 spiro atoms. The summed E-state index contributed by atoms with van der Waals surface area (Å²) in [6, 6.07) is 10.0. The molecular weight excluding hydrogens is 805 g/mol. The number of rotatable bonds is 12. The zero-order valence-corrected chi connectivity index (χ0v) is 24.6. The zero-order chi connectivity index (χ0) is 41.4. The van der Waals surface area contributed by atoms with Crippen LogP contribution in [0.25, 0.3) is 12.2 Å². The first-order chi connectivity index (χ1) is 23.4. The topological polar surface area (TPSA) is 26.3 Å². The van der Waals surface area contributed by atoms with Gasteiger partial charge in [0.25, 0.3) is 0 Å². The summed E-state index contributed by atoms with van der Waals surface area (Å²) < 4.78 is 320. The van der Waals surface area contributed by atoms with Gasteiger partial charge in [0.2, 0.25) is 0 Å². The molecule has 0 radical (unpaired) electrons. The number of alkyl halides is 23. The van der Waals surface area contributed by atoms with Crippen molar-refractivity contribution in [1.29, 1.82) is 0 Å². The first-order valence-corrected chi connectivity index (χ1v) is 13.3. The van der Waals surface area contributed by atoms with Gasteiger partial charge in [-0.25, -0.2) is 0 Å². The Kier molecular flexibility index (Phi) is 10.3. The average molecular weight is 818 g/mol. The third kappa shape index (κ3) is 6.02. The fraction of sp³-hybridized carbons (Fsp3) is 0.464. The Morgan fingerprint density at radius 3 is 1.04 bits per heavy atom. The van der Waals surface area contributed by atoms with E-state index in [9.17, 15) is 106 Å². The monoisotopic (exact) mass is 818 g/mol. The van der Waals surface area contributed by atoms with Gasteiger partial charge in [-0.05, 0) is 11.1 Å². The number of fused-ring (bicyclic) bond motifs is 2. The van der Waals surface area contributed by atoms with Gasteiger partial charge < -0.3 is 4.74 Å². The fourth-order valence-electron chi connectivity index (χ4n) is 4.53. The number of hydrogen-bond acceptors (Lipinski definition) is 2. The van der Waals surface area contributed by atoms with Crippen molar-refractivity contribution in [2.45, 2.75) is 77.9 Å². The molecule has 2 aromatic carbocycles. The maximum atomic E-state index is 14.5. The van der Waals surface area contributed by atoms with Crippen molar-refractivity contribution in [2.75, 3.05) is 0 Å². The van der Waals surface area contributed by atoms with Gasteiger partial charge in [-0.3, -0.25) is 4.79 Å². The molecule has 0 aromatic heterocycles. The standard InChI is InChI=1S/C28H13F23O2/c29-18(30,11-16(52)53-17-14-7-3-1-5-12(14)9-10-13-6-2-4-8-15(13)17)19(31,32)20(33,34)21(35,36)22(37,38)23(39,40)24(41,42)25(43,44)26(45,46)27(47,48)28(49,50)51/h1-10,17H,11H2. The third-order valence-electron chi connectivity index (χ3n) is 7.59. The molecule has 2 aromatic rings. The smallest absolute Gasteiger partial charge is 0.452 e. The number of benzene rings is 2. The van der Waals surface area contributed by atoms with Crippen molar-refractivity contribution in [2.24, 2.45) is 0 Å². The minimum Gasteiger partial charge on any atom is -0.452 e. The maximum absolute atomic E-state index is 14.5. The Labute approximate surface area is 278 Å². The van der Waals surface area contributed by atoms with E-state index in [0.717, 1.165) is 12.1 Å². The maximum Gasteiger partial charge on any atom is 0.460 e. The highest BCUT2D eigenvalue weighted by Gasteiger charge is 2.98. The van der Waals surface area contributed by atoms with Gasteiger partial charge in [-0.15, -0.1) is 0 Å². The van der Waals surface area contributed by atoms with Crippen molar-refractivity contribution in [3.8, 4) is 0 Å². The van der Waals surface area contributed by atoms with E-state index in [-0.39, 0.29) is 22.3 Å². The van der Waals surface area contributed by atoms with Crippen molar-refractivity contribution in [3.05, 3.63) is 70.8 Å². The molecule has 0 saturated carbocycles. The Balaban J connectivity index is 2.03. The van der Waals surface area contributed by atoms with E-state index < -0.39 is 83.9 Å². The summed E-state index contributed by atoms with van der Waals surface area (Å²) in [4.78, 5) is 12.4. The molecule has 0 atom stereocenters. The fourth-order valence-corrected chi connectivity index (χ4v) is 4.53. The number of esters is 1. The minimum atomic E-state index is -9.50. The normalized spacial score (nSPS) is 16.2. The van der Waals surface area contributed by atoms with Gasteiger partial charge in [-0.1, -0.05) is 60.7 Å². The molecule has 0 N–H and O–H groups in total. The number of carbonyl (C=O) groups excluding carboxylic acids is 1. The summed E-state index contributed by atoms with van der Waals surface area (Å²) >= 11 is 0. The van der Waals surface area contributed by atoms with Gasteiger partial charge in [0, 0.05) is 11.1 Å². The zero-order valence-electron chi connectivity index (χ0n) is 24.6. The highest BCUT2D eigenvalue weighted by Crippen LogP contribution is 2.67. The molecule has 0 amide bonds. The van der Waals surface area contributed by atoms with Crippen molar-refractivity contribution in [1.82, 2.24) is 0 Å². The minimum absolute atomic E-state index is 0.121. The van der Waals surface area contributed by atoms with E-state index in [0.29, 0.717) is 0 Å². The van der Waals surface area contributed by atoms with Gasteiger partial charge in [-0.2, -0.15) is 101 Å². The van der Waals surface area contributed by atoms with Crippen molar-refractivity contribution in [3.63, 3.8) is 0 Å². The molecule has 0 fully saturated rings. The molecule has 0 unspecified atom stereocenters. The van der Waals surface area contributed by atoms with Crippen molar-refractivity contribution >= 4 is 18.1 Å². The van der Waals surface area contributed by atoms with Crippen LogP contribution in [0.2, 0.25) is 0 Å². The summed E-state index contributed by atoms with van der Waals surface area (Å²) in [5, 5.41) is 0. The molecule has 0 bridgehead atoms. The molecule has 2 nitrogen and oxygen atoms in total. The lowest BCUT2D eigenvalue weighted by Gasteiger charge is -2.45. The molecule has 0 saturated heterocycles. The summed E-state index contributed by atoms with van der Waals surface area (Å²) in [7, 11) is 0. The van der Waals surface area contributed by atoms with E-state index in [4.69, 9.17) is 0 Å². The lowest BCUT2D eigenvalue weighted by Crippen LogP contribution is -2.77. The molecule has 53 heavy (non-hydrogen) atoms. The van der Waals surface area contributed by atoms with Crippen LogP contribution >= 0.6 is 0 Å². The number of halogens is 23. The quantitative estimate of drug-likeness (QED) is 0.158. The lowest BCUT2D eigenvalue weighted by molar-refractivity contribution is -0.478. The molecule has 0 aliphatic heterocycles. The van der Waals surface area contributed by atoms with Crippen LogP contribution in [0.3, 0.4) is 0 Å². The van der Waals surface area contributed by atoms with E-state index in [2.05, 4.69) is 4.74 Å².